The van der Waals surface area contributed by atoms with Gasteiger partial charge in [-0.25, -0.2) is 13.2 Å². The maximum absolute atomic E-state index is 12.9. The molecule has 4 amide bonds. The maximum Gasteiger partial charge on any atom is 0.315 e. The van der Waals surface area contributed by atoms with E-state index in [4.69, 9.17) is 0 Å². The van der Waals surface area contributed by atoms with E-state index in [1.165, 1.54) is 23.4 Å². The topological polar surface area (TPSA) is 131 Å². The van der Waals surface area contributed by atoms with E-state index >= 15 is 0 Å². The van der Waals surface area contributed by atoms with Crippen molar-refractivity contribution in [1.29, 1.82) is 0 Å². The summed E-state index contributed by atoms with van der Waals surface area (Å²) in [5, 5.41) is 8.21. The molecule has 1 aromatic rings. The van der Waals surface area contributed by atoms with Gasteiger partial charge in [-0.05, 0) is 44.2 Å². The van der Waals surface area contributed by atoms with Gasteiger partial charge >= 0.3 is 6.03 Å². The van der Waals surface area contributed by atoms with Gasteiger partial charge in [0, 0.05) is 70.9 Å². The van der Waals surface area contributed by atoms with Crippen molar-refractivity contribution in [3.63, 3.8) is 0 Å². The molecule has 0 spiro atoms. The molecule has 2 fully saturated rings. The number of benzene rings is 1. The van der Waals surface area contributed by atoms with Crippen LogP contribution in [0, 0.1) is 0 Å². The molecule has 12 heteroatoms. The third kappa shape index (κ3) is 7.15. The summed E-state index contributed by atoms with van der Waals surface area (Å²) in [6.07, 6.45) is 1.25. The van der Waals surface area contributed by atoms with E-state index in [1.807, 2.05) is 11.9 Å². The highest BCUT2D eigenvalue weighted by Crippen LogP contribution is 2.22. The van der Waals surface area contributed by atoms with Crippen LogP contribution in [0.1, 0.15) is 26.2 Å². The summed E-state index contributed by atoms with van der Waals surface area (Å²) < 4.78 is 27.2. The second kappa shape index (κ2) is 11.6. The first-order valence-corrected chi connectivity index (χ1v) is 13.0. The summed E-state index contributed by atoms with van der Waals surface area (Å²) in [5.41, 5.74) is 0.533. The number of urea groups is 1. The number of carbonyl (C=O) groups is 3. The molecule has 3 rings (SSSR count). The van der Waals surface area contributed by atoms with Crippen molar-refractivity contribution in [2.75, 3.05) is 58.2 Å². The lowest BCUT2D eigenvalue weighted by molar-refractivity contribution is -0.132. The summed E-state index contributed by atoms with van der Waals surface area (Å²) in [4.78, 5) is 39.7. The number of rotatable bonds is 7. The number of sulfonamides is 1. The number of nitrogens with zero attached hydrogens (tertiary/aromatic N) is 3. The Labute approximate surface area is 200 Å². The Kier molecular flexibility index (Phi) is 8.86. The van der Waals surface area contributed by atoms with E-state index in [1.54, 1.807) is 12.1 Å². The standard InChI is InChI=1S/C22H34N6O5S/c1-17(29)24-18-3-5-20(6-4-18)34(32,33)28-11-8-19(9-12-28)25-22(31)23-10-7-21(30)27-15-13-26(2)14-16-27/h3-6,19H,7-16H2,1-2H3,(H,24,29)(H2,23,25,31). The molecule has 0 radical (unpaired) electrons. The van der Waals surface area contributed by atoms with Gasteiger partial charge in [-0.1, -0.05) is 0 Å². The molecule has 2 heterocycles. The third-order valence-corrected chi connectivity index (χ3v) is 7.99. The zero-order valence-corrected chi connectivity index (χ0v) is 20.6. The first-order valence-electron chi connectivity index (χ1n) is 11.5. The van der Waals surface area contributed by atoms with E-state index < -0.39 is 10.0 Å². The lowest BCUT2D eigenvalue weighted by Gasteiger charge is -2.32. The Morgan fingerprint density at radius 1 is 0.971 bits per heavy atom. The molecule has 2 saturated heterocycles. The number of likely N-dealkylation sites (N-methyl/N-ethyl adjacent to an activating group) is 1. The van der Waals surface area contributed by atoms with Gasteiger partial charge < -0.3 is 25.8 Å². The zero-order chi connectivity index (χ0) is 24.7. The van der Waals surface area contributed by atoms with Crippen LogP contribution >= 0.6 is 0 Å². The first-order chi connectivity index (χ1) is 16.1. The molecule has 2 aliphatic rings. The van der Waals surface area contributed by atoms with E-state index in [2.05, 4.69) is 20.9 Å². The van der Waals surface area contributed by atoms with Crippen LogP contribution in [-0.4, -0.2) is 99.3 Å². The van der Waals surface area contributed by atoms with E-state index in [-0.39, 0.29) is 41.7 Å². The number of hydrogen-bond acceptors (Lipinski definition) is 6. The molecule has 1 aromatic carbocycles. The minimum absolute atomic E-state index is 0.0389. The summed E-state index contributed by atoms with van der Waals surface area (Å²) in [7, 11) is -1.62. The van der Waals surface area contributed by atoms with Crippen molar-refractivity contribution in [2.45, 2.75) is 37.1 Å². The highest BCUT2D eigenvalue weighted by Gasteiger charge is 2.30. The van der Waals surface area contributed by atoms with Crippen LogP contribution in [0.25, 0.3) is 0 Å². The van der Waals surface area contributed by atoms with Crippen LogP contribution in [0.4, 0.5) is 10.5 Å². The number of piperidine rings is 1. The molecule has 3 N–H and O–H groups in total. The van der Waals surface area contributed by atoms with Crippen molar-refractivity contribution in [2.24, 2.45) is 0 Å². The smallest absolute Gasteiger partial charge is 0.315 e. The van der Waals surface area contributed by atoms with Crippen molar-refractivity contribution in [3.05, 3.63) is 24.3 Å². The number of amides is 4. The minimum Gasteiger partial charge on any atom is -0.340 e. The molecule has 0 atom stereocenters. The van der Waals surface area contributed by atoms with Gasteiger partial charge in [0.15, 0.2) is 0 Å². The maximum atomic E-state index is 12.9. The highest BCUT2D eigenvalue weighted by atomic mass is 32.2. The van der Waals surface area contributed by atoms with Gasteiger partial charge in [0.1, 0.15) is 0 Å². The number of carbonyl (C=O) groups excluding carboxylic acids is 3. The molecule has 0 aromatic heterocycles. The number of piperazine rings is 1. The predicted molar refractivity (Wildman–Crippen MR) is 128 cm³/mol. The zero-order valence-electron chi connectivity index (χ0n) is 19.7. The van der Waals surface area contributed by atoms with Crippen LogP contribution in [0.5, 0.6) is 0 Å². The van der Waals surface area contributed by atoms with Gasteiger partial charge in [-0.3, -0.25) is 9.59 Å². The van der Waals surface area contributed by atoms with Crippen molar-refractivity contribution >= 4 is 33.6 Å². The summed E-state index contributed by atoms with van der Waals surface area (Å²) >= 11 is 0. The molecule has 0 saturated carbocycles. The Bertz CT molecular complexity index is 968. The molecule has 0 unspecified atom stereocenters. The van der Waals surface area contributed by atoms with E-state index in [9.17, 15) is 22.8 Å². The average Bonchev–Trinajstić information content (AvgIpc) is 2.80. The Morgan fingerprint density at radius 2 is 1.59 bits per heavy atom. The summed E-state index contributed by atoms with van der Waals surface area (Å²) in [5.74, 6) is -0.187. The fourth-order valence-corrected chi connectivity index (χ4v) is 5.51. The third-order valence-electron chi connectivity index (χ3n) is 6.08. The number of hydrogen-bond donors (Lipinski definition) is 3. The van der Waals surface area contributed by atoms with E-state index in [0.717, 1.165) is 13.1 Å². The highest BCUT2D eigenvalue weighted by molar-refractivity contribution is 7.89. The molecular weight excluding hydrogens is 460 g/mol. The molecular formula is C22H34N6O5S. The molecule has 188 valence electrons. The second-order valence-electron chi connectivity index (χ2n) is 8.72. The fraction of sp³-hybridized carbons (Fsp3) is 0.591. The second-order valence-corrected chi connectivity index (χ2v) is 10.7. The average molecular weight is 495 g/mol. The van der Waals surface area contributed by atoms with Crippen LogP contribution in [0.15, 0.2) is 29.2 Å². The van der Waals surface area contributed by atoms with Gasteiger partial charge in [-0.2, -0.15) is 4.31 Å². The first kappa shape index (κ1) is 25.9. The molecule has 11 nitrogen and oxygen atoms in total. The molecule has 34 heavy (non-hydrogen) atoms. The van der Waals surface area contributed by atoms with Gasteiger partial charge in [0.25, 0.3) is 0 Å². The lowest BCUT2D eigenvalue weighted by atomic mass is 10.1. The van der Waals surface area contributed by atoms with Crippen LogP contribution in [0.3, 0.4) is 0 Å². The SMILES string of the molecule is CC(=O)Nc1ccc(S(=O)(=O)N2CCC(NC(=O)NCCC(=O)N3CCN(C)CC3)CC2)cc1. The lowest BCUT2D eigenvalue weighted by Crippen LogP contribution is -2.50. The molecule has 0 aliphatic carbocycles. The van der Waals surface area contributed by atoms with Crippen molar-refractivity contribution < 1.29 is 22.8 Å². The van der Waals surface area contributed by atoms with Gasteiger partial charge in [0.05, 0.1) is 4.90 Å². The Morgan fingerprint density at radius 3 is 2.18 bits per heavy atom. The van der Waals surface area contributed by atoms with Crippen LogP contribution < -0.4 is 16.0 Å². The fourth-order valence-electron chi connectivity index (χ4n) is 4.04. The summed E-state index contributed by atoms with van der Waals surface area (Å²) in [6.45, 7) is 5.37. The Balaban J connectivity index is 1.39. The predicted octanol–water partition coefficient (Wildman–Crippen LogP) is 0.261. The minimum atomic E-state index is -3.65. The van der Waals surface area contributed by atoms with Gasteiger partial charge in [0.2, 0.25) is 21.8 Å². The molecule has 0 bridgehead atoms. The molecule has 2 aliphatic heterocycles. The van der Waals surface area contributed by atoms with Crippen LogP contribution in [0.2, 0.25) is 0 Å². The van der Waals surface area contributed by atoms with Crippen LogP contribution in [-0.2, 0) is 19.6 Å². The number of nitrogens with one attached hydrogen (secondary N) is 3. The Hall–Kier alpha value is -2.70. The monoisotopic (exact) mass is 494 g/mol. The van der Waals surface area contributed by atoms with Gasteiger partial charge in [-0.15, -0.1) is 0 Å². The summed E-state index contributed by atoms with van der Waals surface area (Å²) in [6, 6.07) is 5.58. The van der Waals surface area contributed by atoms with Crippen molar-refractivity contribution in [1.82, 2.24) is 24.7 Å². The quantitative estimate of drug-likeness (QED) is 0.498. The normalized spacial score (nSPS) is 18.4. The van der Waals surface area contributed by atoms with Crippen molar-refractivity contribution in [3.8, 4) is 0 Å². The largest absolute Gasteiger partial charge is 0.340 e. The van der Waals surface area contributed by atoms with E-state index in [0.29, 0.717) is 44.7 Å². The number of anilines is 1.